The summed E-state index contributed by atoms with van der Waals surface area (Å²) >= 11 is 5.85. The van der Waals surface area contributed by atoms with Gasteiger partial charge in [-0.25, -0.2) is 15.0 Å². The van der Waals surface area contributed by atoms with Gasteiger partial charge in [0.2, 0.25) is 0 Å². The molecule has 0 amide bonds. The van der Waals surface area contributed by atoms with Crippen LogP contribution < -0.4 is 5.73 Å². The van der Waals surface area contributed by atoms with Crippen molar-refractivity contribution in [2.75, 3.05) is 0 Å². The number of aromatic nitrogens is 4. The molecule has 0 aliphatic carbocycles. The minimum absolute atomic E-state index is 0.0566. The Labute approximate surface area is 85.9 Å². The third-order valence-electron chi connectivity index (χ3n) is 1.84. The van der Waals surface area contributed by atoms with Crippen molar-refractivity contribution in [3.63, 3.8) is 0 Å². The lowest BCUT2D eigenvalue weighted by atomic mass is 10.3. The third-order valence-corrected chi connectivity index (χ3v) is 2.12. The van der Waals surface area contributed by atoms with Crippen LogP contribution in [-0.2, 0) is 6.54 Å². The highest BCUT2D eigenvalue weighted by molar-refractivity contribution is 6.33. The molecule has 74 valence electrons. The standard InChI is InChI=1S/C8H10ClN5/c1-5(10)2-14-4-13-6-7(9)11-3-12-8(6)14/h3-5H,2,10H2,1H3/t5-/m1/s1. The van der Waals surface area contributed by atoms with E-state index in [1.807, 2.05) is 11.5 Å². The first-order chi connectivity index (χ1) is 6.68. The fourth-order valence-electron chi connectivity index (χ4n) is 1.30. The molecule has 0 saturated carbocycles. The fourth-order valence-corrected chi connectivity index (χ4v) is 1.47. The van der Waals surface area contributed by atoms with Crippen LogP contribution in [0.25, 0.3) is 11.2 Å². The second kappa shape index (κ2) is 3.51. The first-order valence-corrected chi connectivity index (χ1v) is 4.63. The summed E-state index contributed by atoms with van der Waals surface area (Å²) in [7, 11) is 0. The van der Waals surface area contributed by atoms with Crippen molar-refractivity contribution < 1.29 is 0 Å². The quantitative estimate of drug-likeness (QED) is 0.747. The summed E-state index contributed by atoms with van der Waals surface area (Å²) in [6.07, 6.45) is 3.10. The van der Waals surface area contributed by atoms with Crippen molar-refractivity contribution in [2.24, 2.45) is 5.73 Å². The number of imidazole rings is 1. The summed E-state index contributed by atoms with van der Waals surface area (Å²) in [6, 6.07) is 0.0566. The smallest absolute Gasteiger partial charge is 0.164 e. The molecule has 2 heterocycles. The first kappa shape index (κ1) is 9.36. The maximum atomic E-state index is 5.85. The number of halogens is 1. The highest BCUT2D eigenvalue weighted by Gasteiger charge is 2.08. The molecule has 6 heteroatoms. The monoisotopic (exact) mass is 211 g/mol. The molecule has 5 nitrogen and oxygen atoms in total. The second-order valence-electron chi connectivity index (χ2n) is 3.21. The zero-order valence-corrected chi connectivity index (χ0v) is 8.44. The molecule has 0 bridgehead atoms. The average molecular weight is 212 g/mol. The predicted molar refractivity (Wildman–Crippen MR) is 54.0 cm³/mol. The van der Waals surface area contributed by atoms with Crippen molar-refractivity contribution in [1.29, 1.82) is 0 Å². The van der Waals surface area contributed by atoms with E-state index in [1.54, 1.807) is 6.33 Å². The topological polar surface area (TPSA) is 69.6 Å². The Morgan fingerprint density at radius 1 is 1.50 bits per heavy atom. The number of nitrogens with zero attached hydrogens (tertiary/aromatic N) is 4. The molecule has 2 aromatic rings. The molecule has 0 aromatic carbocycles. The Morgan fingerprint density at radius 2 is 2.29 bits per heavy atom. The molecule has 0 unspecified atom stereocenters. The molecular formula is C8H10ClN5. The molecule has 0 aliphatic heterocycles. The van der Waals surface area contributed by atoms with Crippen LogP contribution in [0.4, 0.5) is 0 Å². The second-order valence-corrected chi connectivity index (χ2v) is 3.57. The lowest BCUT2D eigenvalue weighted by Crippen LogP contribution is -2.21. The number of nitrogens with two attached hydrogens (primary N) is 1. The molecule has 2 rings (SSSR count). The van der Waals surface area contributed by atoms with Gasteiger partial charge in [-0.3, -0.25) is 0 Å². The summed E-state index contributed by atoms with van der Waals surface area (Å²) in [5, 5.41) is 0.374. The van der Waals surface area contributed by atoms with Crippen LogP contribution in [0.2, 0.25) is 5.15 Å². The minimum atomic E-state index is 0.0566. The number of fused-ring (bicyclic) bond motifs is 1. The van der Waals surface area contributed by atoms with Gasteiger partial charge in [-0.15, -0.1) is 0 Å². The van der Waals surface area contributed by atoms with Gasteiger partial charge in [0.25, 0.3) is 0 Å². The lowest BCUT2D eigenvalue weighted by molar-refractivity contribution is 0.598. The van der Waals surface area contributed by atoms with Gasteiger partial charge in [0.15, 0.2) is 10.8 Å². The van der Waals surface area contributed by atoms with Gasteiger partial charge < -0.3 is 10.3 Å². The summed E-state index contributed by atoms with van der Waals surface area (Å²) in [6.45, 7) is 2.60. The van der Waals surface area contributed by atoms with E-state index in [4.69, 9.17) is 17.3 Å². The van der Waals surface area contributed by atoms with Crippen molar-refractivity contribution >= 4 is 22.8 Å². The van der Waals surface area contributed by atoms with E-state index in [9.17, 15) is 0 Å². The van der Waals surface area contributed by atoms with Crippen LogP contribution in [-0.4, -0.2) is 25.6 Å². The van der Waals surface area contributed by atoms with Crippen molar-refractivity contribution in [1.82, 2.24) is 19.5 Å². The van der Waals surface area contributed by atoms with Gasteiger partial charge in [0.05, 0.1) is 6.33 Å². The SMILES string of the molecule is C[C@@H](N)Cn1cnc2c(Cl)ncnc21. The number of hydrogen-bond donors (Lipinski definition) is 1. The Hall–Kier alpha value is -1.20. The van der Waals surface area contributed by atoms with Crippen LogP contribution in [0.1, 0.15) is 6.92 Å². The van der Waals surface area contributed by atoms with Crippen molar-refractivity contribution in [3.8, 4) is 0 Å². The molecule has 0 radical (unpaired) electrons. The van der Waals surface area contributed by atoms with E-state index >= 15 is 0 Å². The van der Waals surface area contributed by atoms with E-state index in [0.29, 0.717) is 17.2 Å². The van der Waals surface area contributed by atoms with Crippen LogP contribution in [0, 0.1) is 0 Å². The zero-order chi connectivity index (χ0) is 10.1. The van der Waals surface area contributed by atoms with Crippen molar-refractivity contribution in [3.05, 3.63) is 17.8 Å². The largest absolute Gasteiger partial charge is 0.326 e. The Balaban J connectivity index is 2.52. The van der Waals surface area contributed by atoms with Gasteiger partial charge in [0, 0.05) is 12.6 Å². The van der Waals surface area contributed by atoms with E-state index in [0.717, 1.165) is 5.65 Å². The molecular weight excluding hydrogens is 202 g/mol. The van der Waals surface area contributed by atoms with Gasteiger partial charge >= 0.3 is 0 Å². The van der Waals surface area contributed by atoms with Crippen LogP contribution >= 0.6 is 11.6 Å². The molecule has 2 aromatic heterocycles. The highest BCUT2D eigenvalue weighted by Crippen LogP contribution is 2.16. The molecule has 14 heavy (non-hydrogen) atoms. The van der Waals surface area contributed by atoms with Crippen LogP contribution in [0.3, 0.4) is 0 Å². The van der Waals surface area contributed by atoms with Crippen molar-refractivity contribution in [2.45, 2.75) is 19.5 Å². The maximum Gasteiger partial charge on any atom is 0.164 e. The third kappa shape index (κ3) is 1.56. The Kier molecular flexibility index (Phi) is 2.35. The lowest BCUT2D eigenvalue weighted by Gasteiger charge is -2.05. The maximum absolute atomic E-state index is 5.85. The van der Waals surface area contributed by atoms with Crippen LogP contribution in [0.15, 0.2) is 12.7 Å². The van der Waals surface area contributed by atoms with E-state index in [1.165, 1.54) is 6.33 Å². The normalized spacial score (nSPS) is 13.4. The molecule has 0 spiro atoms. The van der Waals surface area contributed by atoms with Gasteiger partial charge in [-0.1, -0.05) is 11.6 Å². The molecule has 0 aliphatic rings. The Bertz CT molecular complexity index is 450. The number of hydrogen-bond acceptors (Lipinski definition) is 4. The van der Waals surface area contributed by atoms with Crippen LogP contribution in [0.5, 0.6) is 0 Å². The summed E-state index contributed by atoms with van der Waals surface area (Å²) in [4.78, 5) is 12.1. The Morgan fingerprint density at radius 3 is 3.00 bits per heavy atom. The predicted octanol–water partition coefficient (Wildman–Crippen LogP) is 0.827. The summed E-state index contributed by atoms with van der Waals surface area (Å²) < 4.78 is 1.87. The summed E-state index contributed by atoms with van der Waals surface area (Å²) in [5.74, 6) is 0. The molecule has 2 N–H and O–H groups in total. The van der Waals surface area contributed by atoms with Gasteiger partial charge in [-0.05, 0) is 6.92 Å². The van der Waals surface area contributed by atoms with Gasteiger partial charge in [0.1, 0.15) is 11.8 Å². The number of rotatable bonds is 2. The van der Waals surface area contributed by atoms with E-state index < -0.39 is 0 Å². The molecule has 1 atom stereocenters. The van der Waals surface area contributed by atoms with E-state index in [2.05, 4.69) is 15.0 Å². The first-order valence-electron chi connectivity index (χ1n) is 4.25. The van der Waals surface area contributed by atoms with E-state index in [-0.39, 0.29) is 6.04 Å². The molecule has 0 fully saturated rings. The molecule has 0 saturated heterocycles. The average Bonchev–Trinajstić information content (AvgIpc) is 2.49. The highest BCUT2D eigenvalue weighted by atomic mass is 35.5. The fraction of sp³-hybridized carbons (Fsp3) is 0.375. The zero-order valence-electron chi connectivity index (χ0n) is 7.68. The van der Waals surface area contributed by atoms with Gasteiger partial charge in [-0.2, -0.15) is 0 Å². The summed E-state index contributed by atoms with van der Waals surface area (Å²) in [5.41, 5.74) is 7.03. The minimum Gasteiger partial charge on any atom is -0.326 e.